The molecule has 0 bridgehead atoms. The van der Waals surface area contributed by atoms with Crippen LogP contribution in [0.3, 0.4) is 0 Å². The highest BCUT2D eigenvalue weighted by molar-refractivity contribution is 5.91. The van der Waals surface area contributed by atoms with Gasteiger partial charge in [-0.1, -0.05) is 30.3 Å². The number of nitrogens with one attached hydrogen (secondary N) is 1. The summed E-state index contributed by atoms with van der Waals surface area (Å²) < 4.78 is 6.62. The van der Waals surface area contributed by atoms with Crippen LogP contribution in [-0.2, 0) is 11.3 Å². The monoisotopic (exact) mass is 296 g/mol. The number of carbonyl (C=O) groups excluding carboxylic acids is 1. The van der Waals surface area contributed by atoms with Crippen molar-refractivity contribution in [2.24, 2.45) is 0 Å². The second-order valence-corrected chi connectivity index (χ2v) is 5.10. The average Bonchev–Trinajstić information content (AvgIpc) is 2.83. The van der Waals surface area contributed by atoms with Gasteiger partial charge in [-0.3, -0.25) is 9.36 Å². The molecule has 0 radical (unpaired) electrons. The van der Waals surface area contributed by atoms with Crippen molar-refractivity contribution < 1.29 is 9.21 Å². The summed E-state index contributed by atoms with van der Waals surface area (Å²) in [7, 11) is 0. The number of benzene rings is 2. The van der Waals surface area contributed by atoms with Gasteiger partial charge in [-0.25, -0.2) is 4.79 Å². The zero-order valence-electron chi connectivity index (χ0n) is 12.2. The molecular weight excluding hydrogens is 280 g/mol. The Balaban J connectivity index is 1.72. The number of oxazole rings is 1. The van der Waals surface area contributed by atoms with Crippen molar-refractivity contribution >= 4 is 22.7 Å². The van der Waals surface area contributed by atoms with Crippen LogP contribution in [0.15, 0.2) is 57.7 Å². The number of carbonyl (C=O) groups is 1. The van der Waals surface area contributed by atoms with Crippen molar-refractivity contribution in [1.29, 1.82) is 0 Å². The molecule has 0 saturated heterocycles. The SMILES string of the molecule is Cc1ccccc1NC(=O)CCn1c(=O)oc2ccccc21. The first-order chi connectivity index (χ1) is 10.6. The van der Waals surface area contributed by atoms with E-state index in [4.69, 9.17) is 4.42 Å². The van der Waals surface area contributed by atoms with Crippen LogP contribution < -0.4 is 11.1 Å². The van der Waals surface area contributed by atoms with E-state index in [9.17, 15) is 9.59 Å². The first-order valence-corrected chi connectivity index (χ1v) is 7.09. The number of amides is 1. The first kappa shape index (κ1) is 14.1. The van der Waals surface area contributed by atoms with Crippen LogP contribution >= 0.6 is 0 Å². The number of aryl methyl sites for hydroxylation is 2. The first-order valence-electron chi connectivity index (χ1n) is 7.09. The van der Waals surface area contributed by atoms with E-state index in [1.54, 1.807) is 18.2 Å². The molecule has 5 nitrogen and oxygen atoms in total. The van der Waals surface area contributed by atoms with Crippen molar-refractivity contribution in [2.75, 3.05) is 5.32 Å². The van der Waals surface area contributed by atoms with Gasteiger partial charge in [0.25, 0.3) is 0 Å². The molecule has 0 fully saturated rings. The highest BCUT2D eigenvalue weighted by atomic mass is 16.4. The minimum Gasteiger partial charge on any atom is -0.408 e. The molecule has 0 aliphatic carbocycles. The maximum Gasteiger partial charge on any atom is 0.419 e. The Morgan fingerprint density at radius 3 is 2.68 bits per heavy atom. The van der Waals surface area contributed by atoms with Crippen molar-refractivity contribution in [3.8, 4) is 0 Å². The maximum absolute atomic E-state index is 12.1. The van der Waals surface area contributed by atoms with E-state index in [2.05, 4.69) is 5.32 Å². The van der Waals surface area contributed by atoms with E-state index in [1.807, 2.05) is 37.3 Å². The minimum atomic E-state index is -0.440. The van der Waals surface area contributed by atoms with E-state index in [0.29, 0.717) is 11.1 Å². The highest BCUT2D eigenvalue weighted by Crippen LogP contribution is 2.14. The molecule has 1 N–H and O–H groups in total. The lowest BCUT2D eigenvalue weighted by molar-refractivity contribution is -0.116. The fourth-order valence-corrected chi connectivity index (χ4v) is 2.36. The van der Waals surface area contributed by atoms with Crippen LogP contribution in [0.4, 0.5) is 5.69 Å². The predicted molar refractivity (Wildman–Crippen MR) is 84.9 cm³/mol. The molecule has 1 amide bonds. The highest BCUT2D eigenvalue weighted by Gasteiger charge is 2.10. The fraction of sp³-hybridized carbons (Fsp3) is 0.176. The number of hydrogen-bond donors (Lipinski definition) is 1. The maximum atomic E-state index is 12.1. The molecule has 0 aliphatic rings. The summed E-state index contributed by atoms with van der Waals surface area (Å²) in [5.41, 5.74) is 3.03. The Labute approximate surface area is 127 Å². The molecule has 1 heterocycles. The van der Waals surface area contributed by atoms with Crippen LogP contribution in [0.1, 0.15) is 12.0 Å². The van der Waals surface area contributed by atoms with Gasteiger partial charge in [0.1, 0.15) is 0 Å². The lowest BCUT2D eigenvalue weighted by atomic mass is 10.2. The molecule has 0 saturated carbocycles. The van der Waals surface area contributed by atoms with E-state index < -0.39 is 5.76 Å². The Morgan fingerprint density at radius 2 is 1.86 bits per heavy atom. The number of para-hydroxylation sites is 3. The topological polar surface area (TPSA) is 64.2 Å². The zero-order chi connectivity index (χ0) is 15.5. The number of fused-ring (bicyclic) bond motifs is 1. The molecule has 3 aromatic rings. The van der Waals surface area contributed by atoms with Gasteiger partial charge in [-0.05, 0) is 30.7 Å². The third-order valence-electron chi connectivity index (χ3n) is 3.56. The summed E-state index contributed by atoms with van der Waals surface area (Å²) in [6.45, 7) is 2.22. The number of aromatic nitrogens is 1. The summed E-state index contributed by atoms with van der Waals surface area (Å²) >= 11 is 0. The second kappa shape index (κ2) is 5.89. The molecule has 0 unspecified atom stereocenters. The summed E-state index contributed by atoms with van der Waals surface area (Å²) in [4.78, 5) is 23.9. The van der Waals surface area contributed by atoms with Gasteiger partial charge in [0.2, 0.25) is 5.91 Å². The zero-order valence-corrected chi connectivity index (χ0v) is 12.2. The van der Waals surface area contributed by atoms with Gasteiger partial charge >= 0.3 is 5.76 Å². The fourth-order valence-electron chi connectivity index (χ4n) is 2.36. The van der Waals surface area contributed by atoms with Crippen LogP contribution in [0.5, 0.6) is 0 Å². The molecule has 0 atom stereocenters. The largest absolute Gasteiger partial charge is 0.419 e. The quantitative estimate of drug-likeness (QED) is 0.805. The van der Waals surface area contributed by atoms with E-state index in [0.717, 1.165) is 11.3 Å². The number of hydrogen-bond acceptors (Lipinski definition) is 3. The van der Waals surface area contributed by atoms with Crippen molar-refractivity contribution in [3.05, 3.63) is 64.6 Å². The summed E-state index contributed by atoms with van der Waals surface area (Å²) in [6.07, 6.45) is 0.206. The van der Waals surface area contributed by atoms with Gasteiger partial charge in [0, 0.05) is 18.7 Å². The molecular formula is C17H16N2O3. The molecule has 0 aliphatic heterocycles. The smallest absolute Gasteiger partial charge is 0.408 e. The Morgan fingerprint density at radius 1 is 1.14 bits per heavy atom. The third-order valence-corrected chi connectivity index (χ3v) is 3.56. The van der Waals surface area contributed by atoms with E-state index in [-0.39, 0.29) is 18.9 Å². The van der Waals surface area contributed by atoms with Crippen LogP contribution in [-0.4, -0.2) is 10.5 Å². The number of nitrogens with zero attached hydrogens (tertiary/aromatic N) is 1. The van der Waals surface area contributed by atoms with Gasteiger partial charge < -0.3 is 9.73 Å². The van der Waals surface area contributed by atoms with E-state index in [1.165, 1.54) is 4.57 Å². The summed E-state index contributed by atoms with van der Waals surface area (Å²) in [5.74, 6) is -0.573. The van der Waals surface area contributed by atoms with Crippen LogP contribution in [0, 0.1) is 6.92 Å². The lowest BCUT2D eigenvalue weighted by Crippen LogP contribution is -2.20. The van der Waals surface area contributed by atoms with E-state index >= 15 is 0 Å². The molecule has 112 valence electrons. The lowest BCUT2D eigenvalue weighted by Gasteiger charge is -2.08. The van der Waals surface area contributed by atoms with Gasteiger partial charge in [0.15, 0.2) is 5.58 Å². The number of anilines is 1. The van der Waals surface area contributed by atoms with Crippen molar-refractivity contribution in [2.45, 2.75) is 19.9 Å². The molecule has 3 rings (SSSR count). The Hall–Kier alpha value is -2.82. The second-order valence-electron chi connectivity index (χ2n) is 5.10. The van der Waals surface area contributed by atoms with Crippen molar-refractivity contribution in [3.63, 3.8) is 0 Å². The Kier molecular flexibility index (Phi) is 3.78. The molecule has 2 aromatic carbocycles. The molecule has 1 aromatic heterocycles. The minimum absolute atomic E-state index is 0.133. The van der Waals surface area contributed by atoms with Crippen molar-refractivity contribution in [1.82, 2.24) is 4.57 Å². The third kappa shape index (κ3) is 2.79. The average molecular weight is 296 g/mol. The molecule has 0 spiro atoms. The predicted octanol–water partition coefficient (Wildman–Crippen LogP) is 2.93. The summed E-state index contributed by atoms with van der Waals surface area (Å²) in [5, 5.41) is 2.86. The van der Waals surface area contributed by atoms with Gasteiger partial charge in [-0.2, -0.15) is 0 Å². The Bertz CT molecular complexity index is 877. The normalized spacial score (nSPS) is 10.8. The molecule has 5 heteroatoms. The van der Waals surface area contributed by atoms with Crippen LogP contribution in [0.25, 0.3) is 11.1 Å². The number of rotatable bonds is 4. The summed E-state index contributed by atoms with van der Waals surface area (Å²) in [6, 6.07) is 14.8. The molecule has 22 heavy (non-hydrogen) atoms. The van der Waals surface area contributed by atoms with Gasteiger partial charge in [0.05, 0.1) is 5.52 Å². The van der Waals surface area contributed by atoms with Gasteiger partial charge in [-0.15, -0.1) is 0 Å². The van der Waals surface area contributed by atoms with Crippen LogP contribution in [0.2, 0.25) is 0 Å². The standard InChI is InChI=1S/C17H16N2O3/c1-12-6-2-3-7-13(12)18-16(20)10-11-19-14-8-4-5-9-15(14)22-17(19)21/h2-9H,10-11H2,1H3,(H,18,20).